The smallest absolute Gasteiger partial charge is 0.0199 e. The lowest BCUT2D eigenvalue weighted by atomic mass is 9.65. The molecule has 94 valence electrons. The Morgan fingerprint density at radius 1 is 0.850 bits per heavy atom. The Morgan fingerprint density at radius 2 is 1.75 bits per heavy atom. The molecular weight excluding hydrogens is 240 g/mol. The molecule has 0 aliphatic heterocycles. The summed E-state index contributed by atoms with van der Waals surface area (Å²) in [5.74, 6) is 0.996. The van der Waals surface area contributed by atoms with Crippen LogP contribution in [0.25, 0.3) is 16.3 Å². The molecule has 0 saturated carbocycles. The van der Waals surface area contributed by atoms with Crippen molar-refractivity contribution in [2.24, 2.45) is 5.92 Å². The van der Waals surface area contributed by atoms with Crippen LogP contribution in [0.1, 0.15) is 17.0 Å². The summed E-state index contributed by atoms with van der Waals surface area (Å²) in [6.45, 7) is 0. The van der Waals surface area contributed by atoms with Crippen LogP contribution in [0.5, 0.6) is 0 Å². The maximum absolute atomic E-state index is 2.37. The summed E-state index contributed by atoms with van der Waals surface area (Å²) in [6.07, 6.45) is 13.6. The normalized spacial score (nSPS) is 25.2. The molecule has 0 fully saturated rings. The van der Waals surface area contributed by atoms with E-state index in [4.69, 9.17) is 0 Å². The van der Waals surface area contributed by atoms with Crippen molar-refractivity contribution >= 4 is 16.3 Å². The first-order valence-corrected chi connectivity index (χ1v) is 7.22. The van der Waals surface area contributed by atoms with Crippen LogP contribution in [0.4, 0.5) is 0 Å². The van der Waals surface area contributed by atoms with Gasteiger partial charge < -0.3 is 0 Å². The zero-order valence-electron chi connectivity index (χ0n) is 11.1. The van der Waals surface area contributed by atoms with Gasteiger partial charge in [0.15, 0.2) is 0 Å². The second-order valence-electron chi connectivity index (χ2n) is 5.79. The predicted molar refractivity (Wildman–Crippen MR) is 84.5 cm³/mol. The Hall–Kier alpha value is -2.34. The molecule has 0 radical (unpaired) electrons. The van der Waals surface area contributed by atoms with E-state index in [1.165, 1.54) is 33.0 Å². The van der Waals surface area contributed by atoms with E-state index in [1.54, 1.807) is 0 Å². The van der Waals surface area contributed by atoms with Crippen LogP contribution >= 0.6 is 0 Å². The summed E-state index contributed by atoms with van der Waals surface area (Å²) in [5, 5.41) is 2.81. The SMILES string of the molecule is C1=CC2=CC=CC3c4cccc5cccc(c45)C(=C1)C23. The Kier molecular flexibility index (Phi) is 1.88. The minimum absolute atomic E-state index is 0.491. The predicted octanol–water partition coefficient (Wildman–Crippen LogP) is 5.00. The van der Waals surface area contributed by atoms with E-state index in [0.29, 0.717) is 11.8 Å². The van der Waals surface area contributed by atoms with Gasteiger partial charge in [0.25, 0.3) is 0 Å². The van der Waals surface area contributed by atoms with Gasteiger partial charge in [-0.25, -0.2) is 0 Å². The van der Waals surface area contributed by atoms with E-state index in [1.807, 2.05) is 0 Å². The fourth-order valence-electron chi connectivity index (χ4n) is 4.04. The van der Waals surface area contributed by atoms with Crippen LogP contribution in [-0.2, 0) is 0 Å². The lowest BCUT2D eigenvalue weighted by Gasteiger charge is -2.38. The molecule has 2 aromatic rings. The van der Waals surface area contributed by atoms with Gasteiger partial charge in [0.2, 0.25) is 0 Å². The number of benzene rings is 2. The van der Waals surface area contributed by atoms with E-state index < -0.39 is 0 Å². The molecule has 2 aromatic carbocycles. The second-order valence-corrected chi connectivity index (χ2v) is 5.79. The van der Waals surface area contributed by atoms with Crippen LogP contribution in [0.2, 0.25) is 0 Å². The van der Waals surface area contributed by atoms with Crippen molar-refractivity contribution in [2.45, 2.75) is 5.92 Å². The third-order valence-electron chi connectivity index (χ3n) is 4.83. The Balaban J connectivity index is 1.97. The highest BCUT2D eigenvalue weighted by molar-refractivity contribution is 6.01. The van der Waals surface area contributed by atoms with Crippen LogP contribution in [0.3, 0.4) is 0 Å². The van der Waals surface area contributed by atoms with Crippen LogP contribution < -0.4 is 0 Å². The van der Waals surface area contributed by atoms with Crippen molar-refractivity contribution < 1.29 is 0 Å². The minimum atomic E-state index is 0.491. The number of allylic oxidation sites excluding steroid dienone is 8. The summed E-state index contributed by atoms with van der Waals surface area (Å²) in [6, 6.07) is 13.4. The van der Waals surface area contributed by atoms with Gasteiger partial charge in [-0.1, -0.05) is 72.9 Å². The molecule has 0 bridgehead atoms. The molecule has 3 aliphatic rings. The molecule has 0 aromatic heterocycles. The van der Waals surface area contributed by atoms with Gasteiger partial charge in [0.1, 0.15) is 0 Å². The van der Waals surface area contributed by atoms with Crippen LogP contribution in [0.15, 0.2) is 78.4 Å². The molecule has 0 N–H and O–H groups in total. The van der Waals surface area contributed by atoms with Crippen molar-refractivity contribution in [3.05, 3.63) is 89.6 Å². The van der Waals surface area contributed by atoms with Crippen molar-refractivity contribution in [3.63, 3.8) is 0 Å². The average Bonchev–Trinajstić information content (AvgIpc) is 2.52. The van der Waals surface area contributed by atoms with Crippen molar-refractivity contribution in [2.75, 3.05) is 0 Å². The van der Waals surface area contributed by atoms with Gasteiger partial charge in [0, 0.05) is 11.8 Å². The van der Waals surface area contributed by atoms with E-state index in [9.17, 15) is 0 Å². The number of hydrogen-bond donors (Lipinski definition) is 0. The molecule has 5 rings (SSSR count). The lowest BCUT2D eigenvalue weighted by molar-refractivity contribution is 0.684. The van der Waals surface area contributed by atoms with Crippen molar-refractivity contribution in [1.82, 2.24) is 0 Å². The molecule has 2 unspecified atom stereocenters. The summed E-state index contributed by atoms with van der Waals surface area (Å²) in [5.41, 5.74) is 5.83. The van der Waals surface area contributed by atoms with Crippen molar-refractivity contribution in [1.29, 1.82) is 0 Å². The van der Waals surface area contributed by atoms with Gasteiger partial charge in [-0.15, -0.1) is 0 Å². The first kappa shape index (κ1) is 10.4. The third kappa shape index (κ3) is 1.17. The highest BCUT2D eigenvalue weighted by atomic mass is 14.4. The summed E-state index contributed by atoms with van der Waals surface area (Å²) in [7, 11) is 0. The zero-order chi connectivity index (χ0) is 13.1. The highest BCUT2D eigenvalue weighted by Crippen LogP contribution is 2.52. The molecule has 20 heavy (non-hydrogen) atoms. The molecule has 0 spiro atoms. The summed E-state index contributed by atoms with van der Waals surface area (Å²) < 4.78 is 0. The van der Waals surface area contributed by atoms with Gasteiger partial charge in [-0.05, 0) is 33.0 Å². The van der Waals surface area contributed by atoms with Gasteiger partial charge in [-0.2, -0.15) is 0 Å². The molecule has 2 atom stereocenters. The van der Waals surface area contributed by atoms with E-state index in [-0.39, 0.29) is 0 Å². The fourth-order valence-corrected chi connectivity index (χ4v) is 4.04. The Bertz CT molecular complexity index is 853. The molecule has 0 saturated heterocycles. The van der Waals surface area contributed by atoms with E-state index in [0.717, 1.165) is 0 Å². The number of hydrogen-bond acceptors (Lipinski definition) is 0. The minimum Gasteiger partial charge on any atom is -0.0760 e. The topological polar surface area (TPSA) is 0 Å². The lowest BCUT2D eigenvalue weighted by Crippen LogP contribution is -2.22. The molecule has 0 heterocycles. The molecule has 0 nitrogen and oxygen atoms in total. The fraction of sp³-hybridized carbons (Fsp3) is 0.100. The monoisotopic (exact) mass is 254 g/mol. The van der Waals surface area contributed by atoms with Gasteiger partial charge >= 0.3 is 0 Å². The first-order chi connectivity index (χ1) is 9.93. The number of fused-ring (bicyclic) bond motifs is 2. The maximum Gasteiger partial charge on any atom is 0.0199 e. The third-order valence-corrected chi connectivity index (χ3v) is 4.83. The van der Waals surface area contributed by atoms with Crippen molar-refractivity contribution in [3.8, 4) is 0 Å². The number of rotatable bonds is 0. The molecular formula is C20H14. The Labute approximate surface area is 118 Å². The maximum atomic E-state index is 2.37. The molecule has 3 aliphatic carbocycles. The van der Waals surface area contributed by atoms with E-state index in [2.05, 4.69) is 72.9 Å². The summed E-state index contributed by atoms with van der Waals surface area (Å²) >= 11 is 0. The second kappa shape index (κ2) is 3.61. The first-order valence-electron chi connectivity index (χ1n) is 7.22. The summed E-state index contributed by atoms with van der Waals surface area (Å²) in [4.78, 5) is 0. The molecule has 0 amide bonds. The molecule has 0 heteroatoms. The van der Waals surface area contributed by atoms with Gasteiger partial charge in [-0.3, -0.25) is 0 Å². The van der Waals surface area contributed by atoms with Gasteiger partial charge in [0.05, 0.1) is 0 Å². The largest absolute Gasteiger partial charge is 0.0760 e. The highest BCUT2D eigenvalue weighted by Gasteiger charge is 2.35. The van der Waals surface area contributed by atoms with Crippen LogP contribution in [0, 0.1) is 5.92 Å². The quantitative estimate of drug-likeness (QED) is 0.620. The zero-order valence-corrected chi connectivity index (χ0v) is 11.1. The van der Waals surface area contributed by atoms with Crippen LogP contribution in [-0.4, -0.2) is 0 Å². The Morgan fingerprint density at radius 3 is 2.70 bits per heavy atom. The standard InChI is InChI=1S/C20H14/c1-5-13-6-2-11-17-18-12-4-8-14-7-3-10-16(20(14)18)15(9-1)19(13)17/h1-12,15,19H. The average molecular weight is 254 g/mol. The van der Waals surface area contributed by atoms with E-state index >= 15 is 0 Å².